The largest absolute Gasteiger partial charge is 0.457 e. The molecule has 1 aromatic carbocycles. The first-order valence-corrected chi connectivity index (χ1v) is 5.51. The van der Waals surface area contributed by atoms with Crippen molar-refractivity contribution in [2.24, 2.45) is 0 Å². The van der Waals surface area contributed by atoms with Gasteiger partial charge in [0.1, 0.15) is 11.3 Å². The zero-order chi connectivity index (χ0) is 11.7. The molecule has 0 saturated carbocycles. The van der Waals surface area contributed by atoms with E-state index < -0.39 is 0 Å². The first-order valence-electron chi connectivity index (χ1n) is 5.51. The summed E-state index contributed by atoms with van der Waals surface area (Å²) in [6.45, 7) is 11.6. The predicted molar refractivity (Wildman–Crippen MR) is 69.0 cm³/mol. The van der Waals surface area contributed by atoms with Crippen molar-refractivity contribution in [1.29, 1.82) is 0 Å². The van der Waals surface area contributed by atoms with Gasteiger partial charge in [0.05, 0.1) is 0 Å². The van der Waals surface area contributed by atoms with Crippen molar-refractivity contribution in [2.45, 2.75) is 27.7 Å². The maximum absolute atomic E-state index is 5.40. The Morgan fingerprint density at radius 1 is 1.07 bits per heavy atom. The van der Waals surface area contributed by atoms with Gasteiger partial charge in [0.25, 0.3) is 0 Å². The summed E-state index contributed by atoms with van der Waals surface area (Å²) in [6, 6.07) is 9.89. The van der Waals surface area contributed by atoms with Crippen LogP contribution in [0.3, 0.4) is 0 Å². The van der Waals surface area contributed by atoms with E-state index in [1.165, 1.54) is 0 Å². The molecule has 0 radical (unpaired) electrons. The zero-order valence-electron chi connectivity index (χ0n) is 10.1. The minimum absolute atomic E-state index is 0.825. The summed E-state index contributed by atoms with van der Waals surface area (Å²) >= 11 is 0. The van der Waals surface area contributed by atoms with Crippen LogP contribution in [0.5, 0.6) is 0 Å². The molecule has 82 valence electrons. The minimum Gasteiger partial charge on any atom is -0.457 e. The van der Waals surface area contributed by atoms with Crippen molar-refractivity contribution < 1.29 is 4.42 Å². The van der Waals surface area contributed by atoms with Gasteiger partial charge in [-0.3, -0.25) is 0 Å². The Hall–Kier alpha value is -1.50. The Balaban J connectivity index is 0.000000442. The molecular weight excluding hydrogens is 184 g/mol. The second-order valence-electron chi connectivity index (χ2n) is 2.39. The second kappa shape index (κ2) is 7.86. The van der Waals surface area contributed by atoms with Gasteiger partial charge in [-0.05, 0) is 18.2 Å². The van der Waals surface area contributed by atoms with Crippen LogP contribution in [0.1, 0.15) is 33.5 Å². The number of benzene rings is 1. The Bertz CT molecular complexity index is 352. The van der Waals surface area contributed by atoms with Crippen LogP contribution in [0.25, 0.3) is 17.0 Å². The predicted octanol–water partition coefficient (Wildman–Crippen LogP) is 5.13. The molecule has 0 atom stereocenters. The van der Waals surface area contributed by atoms with Crippen LogP contribution in [0.2, 0.25) is 0 Å². The first-order chi connectivity index (χ1) is 7.40. The second-order valence-corrected chi connectivity index (χ2v) is 2.39. The summed E-state index contributed by atoms with van der Waals surface area (Å²) in [5.74, 6) is 0.825. The standard InChI is InChI=1S/C10H8O.2C2H6/c1-2-9-7-8-5-3-4-6-10(8)11-9;2*1-2/h2-7H,1H2;2*1-2H3. The highest BCUT2D eigenvalue weighted by Crippen LogP contribution is 2.18. The minimum atomic E-state index is 0.825. The lowest BCUT2D eigenvalue weighted by atomic mass is 10.2. The van der Waals surface area contributed by atoms with E-state index in [0.29, 0.717) is 0 Å². The van der Waals surface area contributed by atoms with E-state index in [2.05, 4.69) is 6.58 Å². The van der Waals surface area contributed by atoms with Crippen LogP contribution >= 0.6 is 0 Å². The molecule has 0 aliphatic carbocycles. The molecule has 0 saturated heterocycles. The van der Waals surface area contributed by atoms with Crippen LogP contribution in [0, 0.1) is 0 Å². The van der Waals surface area contributed by atoms with Gasteiger partial charge in [-0.15, -0.1) is 0 Å². The van der Waals surface area contributed by atoms with Crippen molar-refractivity contribution in [3.63, 3.8) is 0 Å². The molecule has 0 aliphatic rings. The third-order valence-electron chi connectivity index (χ3n) is 1.65. The lowest BCUT2D eigenvalue weighted by molar-refractivity contribution is 0.604. The summed E-state index contributed by atoms with van der Waals surface area (Å²) < 4.78 is 5.40. The molecule has 2 rings (SSSR count). The van der Waals surface area contributed by atoms with Crippen molar-refractivity contribution in [2.75, 3.05) is 0 Å². The van der Waals surface area contributed by atoms with Crippen molar-refractivity contribution in [1.82, 2.24) is 0 Å². The highest BCUT2D eigenvalue weighted by atomic mass is 16.3. The van der Waals surface area contributed by atoms with Crippen LogP contribution in [-0.2, 0) is 0 Å². The Morgan fingerprint density at radius 2 is 1.67 bits per heavy atom. The lowest BCUT2D eigenvalue weighted by Gasteiger charge is -1.82. The van der Waals surface area contributed by atoms with Gasteiger partial charge in [-0.1, -0.05) is 52.5 Å². The Kier molecular flexibility index (Phi) is 7.08. The maximum Gasteiger partial charge on any atom is 0.134 e. The average molecular weight is 204 g/mol. The van der Waals surface area contributed by atoms with Crippen LogP contribution in [-0.4, -0.2) is 0 Å². The molecule has 0 aliphatic heterocycles. The van der Waals surface area contributed by atoms with Crippen LogP contribution in [0.4, 0.5) is 0 Å². The van der Waals surface area contributed by atoms with Crippen molar-refractivity contribution >= 4 is 17.0 Å². The topological polar surface area (TPSA) is 13.1 Å². The van der Waals surface area contributed by atoms with Gasteiger partial charge >= 0.3 is 0 Å². The lowest BCUT2D eigenvalue weighted by Crippen LogP contribution is -1.57. The molecule has 1 aromatic heterocycles. The molecule has 2 aromatic rings. The van der Waals surface area contributed by atoms with E-state index in [1.54, 1.807) is 6.08 Å². The van der Waals surface area contributed by atoms with Crippen LogP contribution in [0.15, 0.2) is 41.3 Å². The average Bonchev–Trinajstić information content (AvgIpc) is 2.77. The van der Waals surface area contributed by atoms with E-state index in [9.17, 15) is 0 Å². The molecular formula is C14H20O. The van der Waals surface area contributed by atoms with Gasteiger partial charge in [-0.25, -0.2) is 0 Å². The number of fused-ring (bicyclic) bond motifs is 1. The van der Waals surface area contributed by atoms with Crippen LogP contribution < -0.4 is 0 Å². The third kappa shape index (κ3) is 3.62. The fourth-order valence-electron chi connectivity index (χ4n) is 1.10. The van der Waals surface area contributed by atoms with E-state index in [1.807, 2.05) is 58.0 Å². The summed E-state index contributed by atoms with van der Waals surface area (Å²) in [7, 11) is 0. The molecule has 1 heterocycles. The Morgan fingerprint density at radius 3 is 2.20 bits per heavy atom. The zero-order valence-corrected chi connectivity index (χ0v) is 10.1. The molecule has 0 spiro atoms. The summed E-state index contributed by atoms with van der Waals surface area (Å²) in [4.78, 5) is 0. The highest BCUT2D eigenvalue weighted by Gasteiger charge is 1.97. The van der Waals surface area contributed by atoms with E-state index in [0.717, 1.165) is 16.7 Å². The molecule has 0 bridgehead atoms. The number of para-hydroxylation sites is 1. The number of hydrogen-bond donors (Lipinski definition) is 0. The fraction of sp³-hybridized carbons (Fsp3) is 0.286. The van der Waals surface area contributed by atoms with Gasteiger partial charge < -0.3 is 4.42 Å². The normalized spacial score (nSPS) is 8.27. The van der Waals surface area contributed by atoms with Gasteiger partial charge in [0, 0.05) is 5.39 Å². The number of hydrogen-bond acceptors (Lipinski definition) is 1. The monoisotopic (exact) mass is 204 g/mol. The third-order valence-corrected chi connectivity index (χ3v) is 1.65. The number of furan rings is 1. The van der Waals surface area contributed by atoms with Crippen molar-refractivity contribution in [3.8, 4) is 0 Å². The molecule has 15 heavy (non-hydrogen) atoms. The first kappa shape index (κ1) is 13.5. The van der Waals surface area contributed by atoms with E-state index >= 15 is 0 Å². The number of rotatable bonds is 1. The molecule has 0 N–H and O–H groups in total. The smallest absolute Gasteiger partial charge is 0.134 e. The molecule has 1 nitrogen and oxygen atoms in total. The van der Waals surface area contributed by atoms with Gasteiger partial charge in [0.2, 0.25) is 0 Å². The van der Waals surface area contributed by atoms with E-state index in [-0.39, 0.29) is 0 Å². The quantitative estimate of drug-likeness (QED) is 0.627. The van der Waals surface area contributed by atoms with Gasteiger partial charge in [-0.2, -0.15) is 0 Å². The maximum atomic E-state index is 5.40. The molecule has 1 heteroatoms. The Labute approximate surface area is 92.4 Å². The highest BCUT2D eigenvalue weighted by molar-refractivity contribution is 5.79. The fourth-order valence-corrected chi connectivity index (χ4v) is 1.10. The van der Waals surface area contributed by atoms with Crippen molar-refractivity contribution in [3.05, 3.63) is 42.7 Å². The molecule has 0 unspecified atom stereocenters. The van der Waals surface area contributed by atoms with Gasteiger partial charge in [0.15, 0.2) is 0 Å². The SMILES string of the molecule is C=Cc1cc2ccccc2o1.CC.CC. The summed E-state index contributed by atoms with van der Waals surface area (Å²) in [5.41, 5.74) is 0.919. The molecule has 0 amide bonds. The van der Waals surface area contributed by atoms with E-state index in [4.69, 9.17) is 4.42 Å². The molecule has 0 fully saturated rings. The summed E-state index contributed by atoms with van der Waals surface area (Å²) in [6.07, 6.45) is 1.71. The summed E-state index contributed by atoms with van der Waals surface area (Å²) in [5, 5.41) is 1.13.